The van der Waals surface area contributed by atoms with Crippen LogP contribution in [0.25, 0.3) is 0 Å². The maximum Gasteiger partial charge on any atom is 0.0473 e. The number of ether oxygens (including phenoxy) is 1. The molecule has 0 aromatic carbocycles. The van der Waals surface area contributed by atoms with Crippen molar-refractivity contribution in [1.82, 2.24) is 4.90 Å². The van der Waals surface area contributed by atoms with E-state index >= 15 is 0 Å². The molecule has 0 atom stereocenters. The van der Waals surface area contributed by atoms with E-state index in [4.69, 9.17) is 4.74 Å². The molecule has 0 spiro atoms. The van der Waals surface area contributed by atoms with Gasteiger partial charge < -0.3 is 9.64 Å². The number of rotatable bonds is 4. The molecule has 0 bridgehead atoms. The summed E-state index contributed by atoms with van der Waals surface area (Å²) in [5.74, 6) is 0. The quantitative estimate of drug-likeness (QED) is 0.397. The number of methoxy groups -OCH3 is 1. The second-order valence-electron chi connectivity index (χ2n) is 1.93. The summed E-state index contributed by atoms with van der Waals surface area (Å²) in [7, 11) is 7.35. The van der Waals surface area contributed by atoms with Gasteiger partial charge in [-0.15, -0.1) is 0 Å². The van der Waals surface area contributed by atoms with Crippen LogP contribution >= 0.6 is 0 Å². The molecule has 0 aliphatic rings. The summed E-state index contributed by atoms with van der Waals surface area (Å²) in [4.78, 5) is 1.90. The summed E-state index contributed by atoms with van der Waals surface area (Å²) in [5.41, 5.74) is 0. The first-order chi connectivity index (χ1) is 3.77. The lowest BCUT2D eigenvalue weighted by Gasteiger charge is -2.16. The Morgan fingerprint density at radius 1 is 1.62 bits per heavy atom. The van der Waals surface area contributed by atoms with E-state index in [2.05, 4.69) is 7.05 Å². The first kappa shape index (κ1) is 7.92. The number of hydrogen-bond acceptors (Lipinski definition) is 2. The van der Waals surface area contributed by atoms with Crippen LogP contribution in [0.4, 0.5) is 0 Å². The Bertz CT molecular complexity index is 45.8. The standard InChI is InChI=1S/C6H14NO/c1-7(2)5-4-6-8-3/h1,4-6H2,2-3H3/q-1. The van der Waals surface area contributed by atoms with Gasteiger partial charge in [-0.3, -0.25) is 7.05 Å². The van der Waals surface area contributed by atoms with Crippen molar-refractivity contribution < 1.29 is 4.74 Å². The highest BCUT2D eigenvalue weighted by Crippen LogP contribution is 1.83. The molecule has 0 saturated carbocycles. The molecule has 50 valence electrons. The largest absolute Gasteiger partial charge is 0.462 e. The summed E-state index contributed by atoms with van der Waals surface area (Å²) in [5, 5.41) is 0. The molecule has 0 radical (unpaired) electrons. The molecule has 0 rings (SSSR count). The molecular formula is C6H14NO-. The van der Waals surface area contributed by atoms with Gasteiger partial charge in [0.1, 0.15) is 0 Å². The first-order valence-corrected chi connectivity index (χ1v) is 2.78. The molecule has 0 aromatic rings. The van der Waals surface area contributed by atoms with Crippen LogP contribution in [0, 0.1) is 7.05 Å². The van der Waals surface area contributed by atoms with Crippen molar-refractivity contribution in [1.29, 1.82) is 0 Å². The zero-order chi connectivity index (χ0) is 6.41. The van der Waals surface area contributed by atoms with E-state index in [-0.39, 0.29) is 0 Å². The lowest BCUT2D eigenvalue weighted by molar-refractivity contribution is 0.186. The fourth-order valence-corrected chi connectivity index (χ4v) is 0.479. The Balaban J connectivity index is 2.72. The Kier molecular flexibility index (Phi) is 5.01. The van der Waals surface area contributed by atoms with Gasteiger partial charge in [-0.05, 0) is 20.0 Å². The third kappa shape index (κ3) is 5.92. The summed E-state index contributed by atoms with van der Waals surface area (Å²) >= 11 is 0. The van der Waals surface area contributed by atoms with Gasteiger partial charge in [-0.1, -0.05) is 0 Å². The molecule has 0 fully saturated rings. The van der Waals surface area contributed by atoms with Crippen LogP contribution in [0.3, 0.4) is 0 Å². The smallest absolute Gasteiger partial charge is 0.0473 e. The fraction of sp³-hybridized carbons (Fsp3) is 0.833. The minimum atomic E-state index is 0.833. The molecule has 0 amide bonds. The van der Waals surface area contributed by atoms with Crippen molar-refractivity contribution in [3.05, 3.63) is 7.05 Å². The van der Waals surface area contributed by atoms with Crippen molar-refractivity contribution >= 4 is 0 Å². The van der Waals surface area contributed by atoms with Crippen LogP contribution in [0.5, 0.6) is 0 Å². The van der Waals surface area contributed by atoms with Gasteiger partial charge in [0.15, 0.2) is 0 Å². The lowest BCUT2D eigenvalue weighted by Crippen LogP contribution is -2.11. The summed E-state index contributed by atoms with van der Waals surface area (Å²) < 4.78 is 4.84. The maximum absolute atomic E-state index is 4.84. The van der Waals surface area contributed by atoms with Crippen molar-refractivity contribution in [3.63, 3.8) is 0 Å². The first-order valence-electron chi connectivity index (χ1n) is 2.78. The van der Waals surface area contributed by atoms with Crippen molar-refractivity contribution in [2.45, 2.75) is 6.42 Å². The molecule has 0 aromatic heterocycles. The highest BCUT2D eigenvalue weighted by molar-refractivity contribution is 4.45. The Morgan fingerprint density at radius 2 is 2.25 bits per heavy atom. The third-order valence-corrected chi connectivity index (χ3v) is 0.888. The monoisotopic (exact) mass is 116 g/mol. The van der Waals surface area contributed by atoms with Crippen molar-refractivity contribution in [3.8, 4) is 0 Å². The summed E-state index contributed by atoms with van der Waals surface area (Å²) in [6, 6.07) is 0. The van der Waals surface area contributed by atoms with Crippen LogP contribution in [0.15, 0.2) is 0 Å². The van der Waals surface area contributed by atoms with Crippen LogP contribution in [0.1, 0.15) is 6.42 Å². The number of nitrogens with zero attached hydrogens (tertiary/aromatic N) is 1. The molecule has 0 saturated heterocycles. The lowest BCUT2D eigenvalue weighted by atomic mass is 10.4. The van der Waals surface area contributed by atoms with E-state index in [0.29, 0.717) is 0 Å². The zero-order valence-corrected chi connectivity index (χ0v) is 5.68. The maximum atomic E-state index is 4.84. The molecule has 0 aliphatic heterocycles. The number of hydrogen-bond donors (Lipinski definition) is 0. The molecule has 2 heteroatoms. The van der Waals surface area contributed by atoms with Gasteiger partial charge in [0, 0.05) is 13.7 Å². The third-order valence-electron chi connectivity index (χ3n) is 0.888. The van der Waals surface area contributed by atoms with Gasteiger partial charge in [-0.2, -0.15) is 0 Å². The van der Waals surface area contributed by atoms with Gasteiger partial charge in [0.05, 0.1) is 0 Å². The molecule has 0 heterocycles. The van der Waals surface area contributed by atoms with Gasteiger partial charge in [0.2, 0.25) is 0 Å². The van der Waals surface area contributed by atoms with Gasteiger partial charge >= 0.3 is 0 Å². The van der Waals surface area contributed by atoms with E-state index in [9.17, 15) is 0 Å². The average Bonchev–Trinajstić information content (AvgIpc) is 1.66. The van der Waals surface area contributed by atoms with Crippen LogP contribution in [0.2, 0.25) is 0 Å². The highest BCUT2D eigenvalue weighted by Gasteiger charge is 1.81. The van der Waals surface area contributed by atoms with Crippen molar-refractivity contribution in [2.75, 3.05) is 27.3 Å². The highest BCUT2D eigenvalue weighted by atomic mass is 16.5. The van der Waals surface area contributed by atoms with Crippen LogP contribution < -0.4 is 0 Å². The van der Waals surface area contributed by atoms with E-state index in [1.807, 2.05) is 11.9 Å². The van der Waals surface area contributed by atoms with E-state index in [1.54, 1.807) is 7.11 Å². The summed E-state index contributed by atoms with van der Waals surface area (Å²) in [6.45, 7) is 1.84. The Hall–Kier alpha value is -0.0800. The SMILES string of the molecule is [CH2-]N(C)CCCOC. The topological polar surface area (TPSA) is 12.5 Å². The Morgan fingerprint density at radius 3 is 2.62 bits per heavy atom. The predicted molar refractivity (Wildman–Crippen MR) is 34.5 cm³/mol. The Labute approximate surface area is 51.4 Å². The average molecular weight is 116 g/mol. The van der Waals surface area contributed by atoms with E-state index in [0.717, 1.165) is 19.6 Å². The molecule has 0 N–H and O–H groups in total. The summed E-state index contributed by atoms with van der Waals surface area (Å²) in [6.07, 6.45) is 1.07. The fourth-order valence-electron chi connectivity index (χ4n) is 0.479. The molecular weight excluding hydrogens is 102 g/mol. The molecule has 0 unspecified atom stereocenters. The van der Waals surface area contributed by atoms with Crippen LogP contribution in [-0.2, 0) is 4.74 Å². The minimum Gasteiger partial charge on any atom is -0.462 e. The molecule has 2 nitrogen and oxygen atoms in total. The van der Waals surface area contributed by atoms with E-state index < -0.39 is 0 Å². The second-order valence-corrected chi connectivity index (χ2v) is 1.93. The molecule has 8 heavy (non-hydrogen) atoms. The van der Waals surface area contributed by atoms with Crippen molar-refractivity contribution in [2.24, 2.45) is 0 Å². The zero-order valence-electron chi connectivity index (χ0n) is 5.68. The van der Waals surface area contributed by atoms with Gasteiger partial charge in [-0.25, -0.2) is 0 Å². The minimum absolute atomic E-state index is 0.833. The second kappa shape index (κ2) is 5.06. The predicted octanol–water partition coefficient (Wildman–Crippen LogP) is 0.746. The normalized spacial score (nSPS) is 10.5. The molecule has 0 aliphatic carbocycles. The van der Waals surface area contributed by atoms with E-state index in [1.165, 1.54) is 0 Å². The van der Waals surface area contributed by atoms with Gasteiger partial charge in [0.25, 0.3) is 0 Å². The van der Waals surface area contributed by atoms with Crippen LogP contribution in [-0.4, -0.2) is 32.2 Å².